The van der Waals surface area contributed by atoms with Gasteiger partial charge in [0.05, 0.1) is 18.0 Å². The number of carbonyl (C=O) groups is 1. The number of carboxylic acids is 1. The van der Waals surface area contributed by atoms with E-state index in [-0.39, 0.29) is 12.5 Å². The molecular weight excluding hydrogens is 298 g/mol. The third-order valence-electron chi connectivity index (χ3n) is 2.87. The first-order valence-corrected chi connectivity index (χ1v) is 6.47. The molecule has 0 aliphatic carbocycles. The maximum atomic E-state index is 10.7. The lowest BCUT2D eigenvalue weighted by Crippen LogP contribution is -2.30. The number of hydrogen-bond acceptors (Lipinski definition) is 3. The number of carboxylic acid groups (broad SMARTS) is 1. The highest BCUT2D eigenvalue weighted by Crippen LogP contribution is 2.26. The summed E-state index contributed by atoms with van der Waals surface area (Å²) in [7, 11) is 3.55. The van der Waals surface area contributed by atoms with Gasteiger partial charge in [0.1, 0.15) is 5.75 Å². The molecule has 0 saturated carbocycles. The monoisotopic (exact) mass is 315 g/mol. The Kier molecular flexibility index (Phi) is 5.62. The Balaban J connectivity index is 2.67. The van der Waals surface area contributed by atoms with Crippen LogP contribution in [-0.2, 0) is 11.3 Å². The number of hydrogen-bond donors (Lipinski definition) is 1. The first kappa shape index (κ1) is 15.0. The predicted molar refractivity (Wildman–Crippen MR) is 73.9 cm³/mol. The fraction of sp³-hybridized carbons (Fsp3) is 0.462. The van der Waals surface area contributed by atoms with Crippen molar-refractivity contribution < 1.29 is 14.6 Å². The molecule has 0 aliphatic heterocycles. The van der Waals surface area contributed by atoms with Gasteiger partial charge < -0.3 is 9.84 Å². The molecule has 1 aromatic rings. The summed E-state index contributed by atoms with van der Waals surface area (Å²) in [5.41, 5.74) is 1.11. The van der Waals surface area contributed by atoms with Crippen molar-refractivity contribution >= 4 is 21.9 Å². The van der Waals surface area contributed by atoms with Gasteiger partial charge in [0.15, 0.2) is 0 Å². The molecule has 18 heavy (non-hydrogen) atoms. The van der Waals surface area contributed by atoms with E-state index in [1.54, 1.807) is 7.11 Å². The molecule has 1 N–H and O–H groups in total. The summed E-state index contributed by atoms with van der Waals surface area (Å²) in [6, 6.07) is 5.87. The molecule has 0 saturated heterocycles. The minimum atomic E-state index is -0.773. The van der Waals surface area contributed by atoms with Crippen LogP contribution in [0, 0.1) is 0 Å². The summed E-state index contributed by atoms with van der Waals surface area (Å²) in [5, 5.41) is 8.76. The van der Waals surface area contributed by atoms with Crippen molar-refractivity contribution in [1.29, 1.82) is 0 Å². The van der Waals surface area contributed by atoms with Crippen molar-refractivity contribution in [2.24, 2.45) is 0 Å². The van der Waals surface area contributed by atoms with E-state index < -0.39 is 5.97 Å². The van der Waals surface area contributed by atoms with Gasteiger partial charge in [0, 0.05) is 12.6 Å². The smallest absolute Gasteiger partial charge is 0.304 e. The first-order chi connectivity index (χ1) is 8.43. The molecule has 0 aromatic heterocycles. The number of rotatable bonds is 6. The van der Waals surface area contributed by atoms with Crippen LogP contribution in [0.1, 0.15) is 18.9 Å². The fourth-order valence-corrected chi connectivity index (χ4v) is 2.25. The number of aliphatic carboxylic acids is 1. The fourth-order valence-electron chi connectivity index (χ4n) is 1.66. The third-order valence-corrected chi connectivity index (χ3v) is 3.49. The minimum Gasteiger partial charge on any atom is -0.496 e. The molecular formula is C13H18BrNO3. The van der Waals surface area contributed by atoms with Crippen LogP contribution in [0.5, 0.6) is 5.75 Å². The Morgan fingerprint density at radius 1 is 1.56 bits per heavy atom. The van der Waals surface area contributed by atoms with Crippen molar-refractivity contribution in [1.82, 2.24) is 4.90 Å². The van der Waals surface area contributed by atoms with Gasteiger partial charge in [-0.3, -0.25) is 9.69 Å². The Morgan fingerprint density at radius 3 is 2.72 bits per heavy atom. The number of ether oxygens (including phenoxy) is 1. The summed E-state index contributed by atoms with van der Waals surface area (Å²) in [6.07, 6.45) is 0.147. The highest BCUT2D eigenvalue weighted by atomic mass is 79.9. The van der Waals surface area contributed by atoms with E-state index in [1.165, 1.54) is 0 Å². The molecule has 1 rings (SSSR count). The van der Waals surface area contributed by atoms with Crippen LogP contribution < -0.4 is 4.74 Å². The Labute approximate surface area is 116 Å². The third kappa shape index (κ3) is 4.31. The van der Waals surface area contributed by atoms with Gasteiger partial charge >= 0.3 is 5.97 Å². The van der Waals surface area contributed by atoms with Crippen LogP contribution in [0.15, 0.2) is 22.7 Å². The van der Waals surface area contributed by atoms with Gasteiger partial charge in [-0.1, -0.05) is 6.07 Å². The topological polar surface area (TPSA) is 49.8 Å². The average Bonchev–Trinajstić information content (AvgIpc) is 2.28. The van der Waals surface area contributed by atoms with Crippen LogP contribution in [-0.4, -0.2) is 36.2 Å². The van der Waals surface area contributed by atoms with Gasteiger partial charge in [-0.25, -0.2) is 0 Å². The molecule has 0 spiro atoms. The number of benzene rings is 1. The van der Waals surface area contributed by atoms with Gasteiger partial charge in [0.2, 0.25) is 0 Å². The number of methoxy groups -OCH3 is 1. The molecule has 0 fully saturated rings. The summed E-state index contributed by atoms with van der Waals surface area (Å²) in [4.78, 5) is 12.7. The van der Waals surface area contributed by atoms with E-state index in [1.807, 2.05) is 37.1 Å². The predicted octanol–water partition coefficient (Wildman–Crippen LogP) is 2.75. The normalized spacial score (nSPS) is 12.5. The van der Waals surface area contributed by atoms with Crippen LogP contribution in [0.3, 0.4) is 0 Å². The van der Waals surface area contributed by atoms with E-state index in [0.29, 0.717) is 6.54 Å². The second kappa shape index (κ2) is 6.75. The molecule has 5 heteroatoms. The summed E-state index contributed by atoms with van der Waals surface area (Å²) < 4.78 is 6.07. The van der Waals surface area contributed by atoms with Crippen LogP contribution >= 0.6 is 15.9 Å². The van der Waals surface area contributed by atoms with Crippen molar-refractivity contribution in [3.63, 3.8) is 0 Å². The standard InChI is InChI=1S/C13H18BrNO3/c1-9(6-13(16)17)15(2)8-10-4-5-12(18-3)11(14)7-10/h4-5,7,9H,6,8H2,1-3H3,(H,16,17). The van der Waals surface area contributed by atoms with Gasteiger partial charge in [-0.05, 0) is 47.6 Å². The largest absolute Gasteiger partial charge is 0.496 e. The Hall–Kier alpha value is -1.07. The number of halogens is 1. The maximum Gasteiger partial charge on any atom is 0.304 e. The van der Waals surface area contributed by atoms with E-state index in [9.17, 15) is 4.79 Å². The van der Waals surface area contributed by atoms with E-state index in [0.717, 1.165) is 15.8 Å². The SMILES string of the molecule is COc1ccc(CN(C)C(C)CC(=O)O)cc1Br. The molecule has 1 unspecified atom stereocenters. The molecule has 0 aliphatic rings. The number of nitrogens with zero attached hydrogens (tertiary/aromatic N) is 1. The van der Waals surface area contributed by atoms with Gasteiger partial charge in [-0.15, -0.1) is 0 Å². The summed E-state index contributed by atoms with van der Waals surface area (Å²) in [5.74, 6) is 0.0187. The Morgan fingerprint density at radius 2 is 2.22 bits per heavy atom. The Bertz CT molecular complexity index is 423. The van der Waals surface area contributed by atoms with Crippen LogP contribution in [0.2, 0.25) is 0 Å². The lowest BCUT2D eigenvalue weighted by molar-refractivity contribution is -0.138. The van der Waals surface area contributed by atoms with Crippen molar-refractivity contribution in [2.75, 3.05) is 14.2 Å². The highest BCUT2D eigenvalue weighted by molar-refractivity contribution is 9.10. The second-order valence-corrected chi connectivity index (χ2v) is 5.19. The van der Waals surface area contributed by atoms with Crippen molar-refractivity contribution in [2.45, 2.75) is 25.9 Å². The zero-order chi connectivity index (χ0) is 13.7. The highest BCUT2D eigenvalue weighted by Gasteiger charge is 2.13. The van der Waals surface area contributed by atoms with E-state index in [4.69, 9.17) is 9.84 Å². The lowest BCUT2D eigenvalue weighted by Gasteiger charge is -2.23. The van der Waals surface area contributed by atoms with E-state index in [2.05, 4.69) is 15.9 Å². The zero-order valence-corrected chi connectivity index (χ0v) is 12.4. The molecule has 4 nitrogen and oxygen atoms in total. The van der Waals surface area contributed by atoms with Crippen LogP contribution in [0.4, 0.5) is 0 Å². The summed E-state index contributed by atoms with van der Waals surface area (Å²) in [6.45, 7) is 2.61. The lowest BCUT2D eigenvalue weighted by atomic mass is 10.1. The maximum absolute atomic E-state index is 10.7. The van der Waals surface area contributed by atoms with Gasteiger partial charge in [0.25, 0.3) is 0 Å². The molecule has 1 aromatic carbocycles. The average molecular weight is 316 g/mol. The van der Waals surface area contributed by atoms with Gasteiger partial charge in [-0.2, -0.15) is 0 Å². The first-order valence-electron chi connectivity index (χ1n) is 5.68. The summed E-state index contributed by atoms with van der Waals surface area (Å²) >= 11 is 3.44. The minimum absolute atomic E-state index is 0.00313. The van der Waals surface area contributed by atoms with Crippen molar-refractivity contribution in [3.8, 4) is 5.75 Å². The second-order valence-electron chi connectivity index (χ2n) is 4.33. The molecule has 0 amide bonds. The van der Waals surface area contributed by atoms with Crippen LogP contribution in [0.25, 0.3) is 0 Å². The quantitative estimate of drug-likeness (QED) is 0.877. The zero-order valence-electron chi connectivity index (χ0n) is 10.8. The van der Waals surface area contributed by atoms with Crippen molar-refractivity contribution in [3.05, 3.63) is 28.2 Å². The molecule has 100 valence electrons. The molecule has 0 heterocycles. The molecule has 1 atom stereocenters. The van der Waals surface area contributed by atoms with E-state index >= 15 is 0 Å². The molecule has 0 bridgehead atoms. The molecule has 0 radical (unpaired) electrons.